The van der Waals surface area contributed by atoms with Gasteiger partial charge in [0.1, 0.15) is 17.6 Å². The minimum Gasteiger partial charge on any atom is -0.453 e. The molecule has 7 heteroatoms. The van der Waals surface area contributed by atoms with Crippen LogP contribution in [0.4, 0.5) is 5.69 Å². The Morgan fingerprint density at radius 3 is 2.76 bits per heavy atom. The topological polar surface area (TPSA) is 98.8 Å². The molecule has 0 bridgehead atoms. The van der Waals surface area contributed by atoms with Gasteiger partial charge in [0.2, 0.25) is 0 Å². The number of aromatic nitrogens is 4. The van der Waals surface area contributed by atoms with Gasteiger partial charge in [-0.05, 0) is 24.3 Å². The lowest BCUT2D eigenvalue weighted by atomic mass is 10.0. The molecule has 4 rings (SSSR count). The second kappa shape index (κ2) is 5.79. The maximum Gasteiger partial charge on any atom is 0.274 e. The minimum absolute atomic E-state index is 0.0911. The number of anilines is 1. The first kappa shape index (κ1) is 14.9. The molecule has 0 aliphatic carbocycles. The zero-order valence-electron chi connectivity index (χ0n) is 13.4. The number of pyridine rings is 1. The molecule has 0 amide bonds. The number of nitrogens with zero attached hydrogens (tertiary/aromatic N) is 3. The normalized spacial score (nSPS) is 10.9. The zero-order chi connectivity index (χ0) is 17.4. The molecule has 3 aromatic heterocycles. The molecule has 0 saturated carbocycles. The molecule has 0 saturated heterocycles. The molecule has 0 fully saturated rings. The Morgan fingerprint density at radius 2 is 1.96 bits per heavy atom. The fourth-order valence-corrected chi connectivity index (χ4v) is 2.80. The van der Waals surface area contributed by atoms with Gasteiger partial charge in [0.15, 0.2) is 5.75 Å². The molecule has 0 radical (unpaired) electrons. The number of fused-ring (bicyclic) bond motifs is 1. The van der Waals surface area contributed by atoms with Crippen LogP contribution >= 0.6 is 0 Å². The highest BCUT2D eigenvalue weighted by molar-refractivity contribution is 5.96. The number of nitrogens with one attached hydrogen (secondary N) is 1. The van der Waals surface area contributed by atoms with E-state index < -0.39 is 0 Å². The van der Waals surface area contributed by atoms with E-state index in [-0.39, 0.29) is 5.56 Å². The molecular weight excluding hydrogens is 318 g/mol. The first-order chi connectivity index (χ1) is 12.1. The Kier molecular flexibility index (Phi) is 3.46. The number of aryl methyl sites for hydroxylation is 1. The van der Waals surface area contributed by atoms with Crippen LogP contribution in [0.25, 0.3) is 22.0 Å². The van der Waals surface area contributed by atoms with E-state index in [1.54, 1.807) is 44.0 Å². The van der Waals surface area contributed by atoms with Gasteiger partial charge < -0.3 is 20.0 Å². The summed E-state index contributed by atoms with van der Waals surface area (Å²) in [6.45, 7) is 0. The number of nitrogens with two attached hydrogens (primary N) is 1. The molecule has 7 nitrogen and oxygen atoms in total. The van der Waals surface area contributed by atoms with Crippen molar-refractivity contribution in [1.82, 2.24) is 19.5 Å². The van der Waals surface area contributed by atoms with Gasteiger partial charge in [0, 0.05) is 41.6 Å². The van der Waals surface area contributed by atoms with Gasteiger partial charge in [0.25, 0.3) is 5.56 Å². The van der Waals surface area contributed by atoms with Crippen LogP contribution in [0.1, 0.15) is 0 Å². The highest BCUT2D eigenvalue weighted by Crippen LogP contribution is 2.37. The predicted octanol–water partition coefficient (Wildman–Crippen LogP) is 2.70. The van der Waals surface area contributed by atoms with Gasteiger partial charge in [-0.1, -0.05) is 0 Å². The first-order valence-corrected chi connectivity index (χ1v) is 7.63. The predicted molar refractivity (Wildman–Crippen MR) is 95.5 cm³/mol. The summed E-state index contributed by atoms with van der Waals surface area (Å²) in [6, 6.07) is 7.25. The van der Waals surface area contributed by atoms with Crippen molar-refractivity contribution in [1.29, 1.82) is 0 Å². The number of H-pyrrole nitrogens is 1. The first-order valence-electron chi connectivity index (χ1n) is 7.63. The molecule has 0 unspecified atom stereocenters. The fraction of sp³-hybridized carbons (Fsp3) is 0.0556. The Balaban J connectivity index is 1.94. The van der Waals surface area contributed by atoms with Crippen LogP contribution < -0.4 is 16.0 Å². The van der Waals surface area contributed by atoms with Crippen molar-refractivity contribution < 1.29 is 4.74 Å². The Bertz CT molecular complexity index is 1120. The highest BCUT2D eigenvalue weighted by atomic mass is 16.5. The van der Waals surface area contributed by atoms with Crippen LogP contribution in [0.3, 0.4) is 0 Å². The van der Waals surface area contributed by atoms with Gasteiger partial charge in [0.05, 0.1) is 12.4 Å². The van der Waals surface area contributed by atoms with E-state index in [4.69, 9.17) is 10.5 Å². The summed E-state index contributed by atoms with van der Waals surface area (Å²) >= 11 is 0. The van der Waals surface area contributed by atoms with Gasteiger partial charge in [-0.15, -0.1) is 0 Å². The summed E-state index contributed by atoms with van der Waals surface area (Å²) in [5.74, 6) is 1.12. The van der Waals surface area contributed by atoms with Crippen molar-refractivity contribution in [3.63, 3.8) is 0 Å². The molecule has 1 aromatic carbocycles. The zero-order valence-corrected chi connectivity index (χ0v) is 13.4. The second-order valence-electron chi connectivity index (χ2n) is 5.66. The summed E-state index contributed by atoms with van der Waals surface area (Å²) in [6.07, 6.45) is 8.13. The summed E-state index contributed by atoms with van der Waals surface area (Å²) in [7, 11) is 1.71. The third-order valence-electron chi connectivity index (χ3n) is 3.95. The van der Waals surface area contributed by atoms with Crippen LogP contribution in [0.15, 0.2) is 60.2 Å². The third-order valence-corrected chi connectivity index (χ3v) is 3.95. The molecule has 0 atom stereocenters. The van der Waals surface area contributed by atoms with Crippen LogP contribution in [-0.4, -0.2) is 19.5 Å². The number of hydrogen-bond donors (Lipinski definition) is 2. The Labute approximate surface area is 142 Å². The maximum atomic E-state index is 12.3. The maximum absolute atomic E-state index is 12.3. The van der Waals surface area contributed by atoms with Crippen LogP contribution in [0, 0.1) is 0 Å². The lowest BCUT2D eigenvalue weighted by Crippen LogP contribution is -2.16. The van der Waals surface area contributed by atoms with Crippen molar-refractivity contribution in [2.75, 3.05) is 5.73 Å². The van der Waals surface area contributed by atoms with Gasteiger partial charge in [-0.3, -0.25) is 4.79 Å². The summed E-state index contributed by atoms with van der Waals surface area (Å²) in [4.78, 5) is 23.2. The second-order valence-corrected chi connectivity index (χ2v) is 5.66. The van der Waals surface area contributed by atoms with E-state index in [0.29, 0.717) is 22.7 Å². The van der Waals surface area contributed by atoms with Crippen molar-refractivity contribution in [2.45, 2.75) is 0 Å². The monoisotopic (exact) mass is 333 g/mol. The van der Waals surface area contributed by atoms with Crippen LogP contribution in [0.5, 0.6) is 11.5 Å². The largest absolute Gasteiger partial charge is 0.453 e. The fourth-order valence-electron chi connectivity index (χ4n) is 2.80. The molecular formula is C18H15N5O2. The van der Waals surface area contributed by atoms with Crippen LogP contribution in [-0.2, 0) is 7.05 Å². The average molecular weight is 333 g/mol. The standard InChI is InChI=1S/C18H15N5O2/c1-23-9-15(13-4-5-22-17(13)18(23)24)14-6-11(19)2-3-16(14)25-12-7-20-10-21-8-12/h2-10,22H,19H2,1H3. The third kappa shape index (κ3) is 2.61. The van der Waals surface area contributed by atoms with E-state index in [1.807, 2.05) is 12.1 Å². The van der Waals surface area contributed by atoms with Gasteiger partial charge in [-0.2, -0.15) is 0 Å². The van der Waals surface area contributed by atoms with E-state index in [9.17, 15) is 4.79 Å². The smallest absolute Gasteiger partial charge is 0.274 e. The van der Waals surface area contributed by atoms with E-state index in [1.165, 1.54) is 10.9 Å². The molecule has 3 heterocycles. The van der Waals surface area contributed by atoms with E-state index in [0.717, 1.165) is 16.5 Å². The van der Waals surface area contributed by atoms with Crippen molar-refractivity contribution >= 4 is 16.6 Å². The van der Waals surface area contributed by atoms with E-state index in [2.05, 4.69) is 15.0 Å². The number of benzene rings is 1. The molecule has 124 valence electrons. The molecule has 0 spiro atoms. The number of nitrogen functional groups attached to an aromatic ring is 1. The van der Waals surface area contributed by atoms with E-state index >= 15 is 0 Å². The molecule has 3 N–H and O–H groups in total. The Hall–Kier alpha value is -3.61. The van der Waals surface area contributed by atoms with Crippen molar-refractivity contribution in [2.24, 2.45) is 7.05 Å². The lowest BCUT2D eigenvalue weighted by Gasteiger charge is -2.13. The molecule has 0 aliphatic rings. The van der Waals surface area contributed by atoms with Crippen molar-refractivity contribution in [3.05, 3.63) is 65.7 Å². The SMILES string of the molecule is Cn1cc(-c2cc(N)ccc2Oc2cncnc2)c2cc[nH]c2c1=O. The number of aromatic amines is 1. The number of hydrogen-bond acceptors (Lipinski definition) is 5. The minimum atomic E-state index is -0.0911. The number of rotatable bonds is 3. The highest BCUT2D eigenvalue weighted by Gasteiger charge is 2.15. The lowest BCUT2D eigenvalue weighted by molar-refractivity contribution is 0.479. The van der Waals surface area contributed by atoms with Crippen LogP contribution in [0.2, 0.25) is 0 Å². The van der Waals surface area contributed by atoms with Gasteiger partial charge in [-0.25, -0.2) is 9.97 Å². The average Bonchev–Trinajstić information content (AvgIpc) is 3.11. The number of ether oxygens (including phenoxy) is 1. The van der Waals surface area contributed by atoms with Gasteiger partial charge >= 0.3 is 0 Å². The molecule has 0 aliphatic heterocycles. The summed E-state index contributed by atoms with van der Waals surface area (Å²) < 4.78 is 7.47. The molecule has 4 aromatic rings. The summed E-state index contributed by atoms with van der Waals surface area (Å²) in [5, 5.41) is 0.808. The Morgan fingerprint density at radius 1 is 1.16 bits per heavy atom. The quantitative estimate of drug-likeness (QED) is 0.562. The summed E-state index contributed by atoms with van der Waals surface area (Å²) in [5.41, 5.74) is 8.66. The van der Waals surface area contributed by atoms with Crippen molar-refractivity contribution in [3.8, 4) is 22.6 Å². The molecule has 25 heavy (non-hydrogen) atoms.